The first-order chi connectivity index (χ1) is 18.5. The highest BCUT2D eigenvalue weighted by Crippen LogP contribution is 2.54. The summed E-state index contributed by atoms with van der Waals surface area (Å²) in [4.78, 5) is 55.2. The average Bonchev–Trinajstić information content (AvgIpc) is 3.42. The molecule has 208 valence electrons. The number of esters is 1. The fraction of sp³-hybridized carbons (Fsp3) is 0.429. The molecule has 0 radical (unpaired) electrons. The first kappa shape index (κ1) is 28.4. The molecule has 2 aromatic rings. The number of carbonyl (C=O) groups is 4. The number of nitrogens with one attached hydrogen (secondary N) is 1. The van der Waals surface area contributed by atoms with Crippen molar-refractivity contribution < 1.29 is 38.5 Å². The van der Waals surface area contributed by atoms with E-state index in [4.69, 9.17) is 25.8 Å². The van der Waals surface area contributed by atoms with Gasteiger partial charge in [-0.2, -0.15) is 0 Å². The molecule has 5 atom stereocenters. The average molecular weight is 559 g/mol. The molecular formula is C28H31ClN2O8. The first-order valence-corrected chi connectivity index (χ1v) is 12.8. The van der Waals surface area contributed by atoms with Crippen LogP contribution in [0.25, 0.3) is 0 Å². The Morgan fingerprint density at radius 3 is 2.36 bits per heavy atom. The van der Waals surface area contributed by atoms with Crippen molar-refractivity contribution in [3.63, 3.8) is 0 Å². The molecule has 2 fully saturated rings. The summed E-state index contributed by atoms with van der Waals surface area (Å²) in [6.45, 7) is 5.32. The zero-order valence-corrected chi connectivity index (χ0v) is 23.3. The maximum Gasteiger partial charge on any atom is 0.341 e. The molecule has 11 heteroatoms. The molecule has 2 aromatic carbocycles. The predicted octanol–water partition coefficient (Wildman–Crippen LogP) is 3.77. The van der Waals surface area contributed by atoms with Gasteiger partial charge < -0.3 is 19.3 Å². The molecule has 2 aliphatic heterocycles. The Bertz CT molecular complexity index is 1360. The number of benzene rings is 2. The number of anilines is 1. The summed E-state index contributed by atoms with van der Waals surface area (Å²) in [5.41, 5.74) is -0.591. The number of nitrogens with zero attached hydrogens (tertiary/aromatic N) is 1. The number of hydrogen-bond donors (Lipinski definition) is 2. The zero-order chi connectivity index (χ0) is 28.8. The van der Waals surface area contributed by atoms with Gasteiger partial charge in [-0.25, -0.2) is 9.69 Å². The molecule has 0 aliphatic carbocycles. The molecular weight excluding hydrogens is 528 g/mol. The quantitative estimate of drug-likeness (QED) is 0.367. The number of methoxy groups -OCH3 is 3. The van der Waals surface area contributed by atoms with E-state index in [9.17, 15) is 24.3 Å². The van der Waals surface area contributed by atoms with Gasteiger partial charge in [-0.1, -0.05) is 37.9 Å². The number of amides is 2. The third-order valence-electron chi connectivity index (χ3n) is 8.04. The number of carbonyl (C=O) groups excluding carboxylic acids is 3. The van der Waals surface area contributed by atoms with Crippen molar-refractivity contribution in [3.05, 3.63) is 52.0 Å². The number of rotatable bonds is 8. The number of carboxylic acids is 1. The Morgan fingerprint density at radius 1 is 1.13 bits per heavy atom. The van der Waals surface area contributed by atoms with E-state index in [0.29, 0.717) is 17.2 Å². The van der Waals surface area contributed by atoms with Gasteiger partial charge in [0.25, 0.3) is 0 Å². The summed E-state index contributed by atoms with van der Waals surface area (Å²) < 4.78 is 15.9. The van der Waals surface area contributed by atoms with Crippen molar-refractivity contribution in [3.8, 4) is 11.5 Å². The Hall–Kier alpha value is -3.63. The first-order valence-electron chi connectivity index (χ1n) is 12.5. The molecule has 4 rings (SSSR count). The molecule has 39 heavy (non-hydrogen) atoms. The van der Waals surface area contributed by atoms with E-state index in [2.05, 4.69) is 5.32 Å². The van der Waals surface area contributed by atoms with Gasteiger partial charge in [0.05, 0.1) is 38.9 Å². The monoisotopic (exact) mass is 558 g/mol. The number of aryl methyl sites for hydroxylation is 1. The Labute approximate surface area is 231 Å². The van der Waals surface area contributed by atoms with Crippen LogP contribution in [0.2, 0.25) is 5.02 Å². The van der Waals surface area contributed by atoms with Crippen LogP contribution >= 0.6 is 11.6 Å². The minimum Gasteiger partial charge on any atom is -0.497 e. The van der Waals surface area contributed by atoms with Crippen molar-refractivity contribution in [1.29, 1.82) is 0 Å². The van der Waals surface area contributed by atoms with Gasteiger partial charge in [0.2, 0.25) is 11.8 Å². The number of hydrogen-bond acceptors (Lipinski definition) is 8. The van der Waals surface area contributed by atoms with Crippen LogP contribution in [0.15, 0.2) is 30.3 Å². The molecule has 5 unspecified atom stereocenters. The number of imide groups is 1. The van der Waals surface area contributed by atoms with Gasteiger partial charge in [-0.05, 0) is 42.2 Å². The number of fused-ring (bicyclic) bond motifs is 1. The van der Waals surface area contributed by atoms with E-state index >= 15 is 0 Å². The lowest BCUT2D eigenvalue weighted by Crippen LogP contribution is -2.59. The van der Waals surface area contributed by atoms with E-state index in [1.807, 2.05) is 6.92 Å². The number of ether oxygens (including phenoxy) is 3. The molecule has 2 heterocycles. The predicted molar refractivity (Wildman–Crippen MR) is 142 cm³/mol. The van der Waals surface area contributed by atoms with Gasteiger partial charge in [-0.15, -0.1) is 0 Å². The van der Waals surface area contributed by atoms with Crippen molar-refractivity contribution in [2.75, 3.05) is 26.2 Å². The SMILES string of the molecule is CCC(C)C1(C(=O)O)NC(c2cc(OC)cc(OC)c2C(=O)OC)C2C(=O)N(c3ccc(C)c(Cl)c3)C(=O)C21. The summed E-state index contributed by atoms with van der Waals surface area (Å²) in [7, 11) is 3.99. The van der Waals surface area contributed by atoms with Crippen LogP contribution in [-0.2, 0) is 19.1 Å². The van der Waals surface area contributed by atoms with Gasteiger partial charge in [0, 0.05) is 17.1 Å². The standard InChI is InChI=1S/C28H31ClN2O8/c1-7-14(3)28(27(35)36)22-21(24(32)31(25(22)33)15-9-8-13(2)18(29)10-15)23(30-28)17-11-16(37-4)12-19(38-5)20(17)26(34)39-6/h8-12,14,21-23,30H,7H2,1-6H3,(H,35,36). The zero-order valence-electron chi connectivity index (χ0n) is 22.5. The Kier molecular flexibility index (Phi) is 7.64. The maximum atomic E-state index is 14.1. The van der Waals surface area contributed by atoms with Crippen molar-refractivity contribution in [1.82, 2.24) is 5.32 Å². The van der Waals surface area contributed by atoms with Crippen molar-refractivity contribution >= 4 is 41.0 Å². The summed E-state index contributed by atoms with van der Waals surface area (Å²) in [6, 6.07) is 6.74. The minimum absolute atomic E-state index is 0.000491. The van der Waals surface area contributed by atoms with Gasteiger partial charge >= 0.3 is 11.9 Å². The molecule has 2 amide bonds. The third-order valence-corrected chi connectivity index (χ3v) is 8.45. The normalized spacial score (nSPS) is 24.9. The van der Waals surface area contributed by atoms with Crippen LogP contribution in [0, 0.1) is 24.7 Å². The molecule has 0 spiro atoms. The molecule has 10 nitrogen and oxygen atoms in total. The second-order valence-corrected chi connectivity index (χ2v) is 10.2. The second-order valence-electron chi connectivity index (χ2n) is 9.84. The van der Waals surface area contributed by atoms with E-state index in [0.717, 1.165) is 10.5 Å². The fourth-order valence-electron chi connectivity index (χ4n) is 5.82. The smallest absolute Gasteiger partial charge is 0.341 e. The summed E-state index contributed by atoms with van der Waals surface area (Å²) in [5.74, 6) is -5.86. The number of carboxylic acid groups (broad SMARTS) is 1. The minimum atomic E-state index is -1.82. The van der Waals surface area contributed by atoms with Gasteiger partial charge in [0.15, 0.2) is 0 Å². The molecule has 2 N–H and O–H groups in total. The lowest BCUT2D eigenvalue weighted by molar-refractivity contribution is -0.151. The highest BCUT2D eigenvalue weighted by Gasteiger charge is 2.70. The van der Waals surface area contributed by atoms with Crippen molar-refractivity contribution in [2.45, 2.75) is 38.8 Å². The van der Waals surface area contributed by atoms with Gasteiger partial charge in [0.1, 0.15) is 22.6 Å². The Morgan fingerprint density at radius 2 is 1.82 bits per heavy atom. The van der Waals surface area contributed by atoms with Crippen LogP contribution < -0.4 is 19.7 Å². The number of halogens is 1. The van der Waals surface area contributed by atoms with E-state index < -0.39 is 53.1 Å². The summed E-state index contributed by atoms with van der Waals surface area (Å²) in [5, 5.41) is 14.1. The third kappa shape index (κ3) is 4.22. The van der Waals surface area contributed by atoms with Crippen LogP contribution in [-0.4, -0.2) is 55.7 Å². The highest BCUT2D eigenvalue weighted by molar-refractivity contribution is 6.32. The largest absolute Gasteiger partial charge is 0.497 e. The molecule has 0 aromatic heterocycles. The Balaban J connectivity index is 2.01. The fourth-order valence-corrected chi connectivity index (χ4v) is 6.00. The van der Waals surface area contributed by atoms with Crippen molar-refractivity contribution in [2.24, 2.45) is 17.8 Å². The topological polar surface area (TPSA) is 131 Å². The van der Waals surface area contributed by atoms with E-state index in [-0.39, 0.29) is 22.6 Å². The van der Waals surface area contributed by atoms with Crippen LogP contribution in [0.4, 0.5) is 5.69 Å². The molecule has 2 saturated heterocycles. The lowest BCUT2D eigenvalue weighted by Gasteiger charge is -2.36. The van der Waals surface area contributed by atoms with Gasteiger partial charge in [-0.3, -0.25) is 19.7 Å². The van der Waals surface area contributed by atoms with E-state index in [1.54, 1.807) is 26.0 Å². The molecule has 0 saturated carbocycles. The summed E-state index contributed by atoms with van der Waals surface area (Å²) in [6.07, 6.45) is 0.401. The number of aliphatic carboxylic acids is 1. The lowest BCUT2D eigenvalue weighted by atomic mass is 9.71. The molecule has 0 bridgehead atoms. The van der Waals surface area contributed by atoms with Crippen LogP contribution in [0.5, 0.6) is 11.5 Å². The maximum absolute atomic E-state index is 14.1. The highest BCUT2D eigenvalue weighted by atomic mass is 35.5. The van der Waals surface area contributed by atoms with Crippen LogP contribution in [0.3, 0.4) is 0 Å². The second kappa shape index (κ2) is 10.5. The van der Waals surface area contributed by atoms with Crippen LogP contribution in [0.1, 0.15) is 47.8 Å². The molecule has 2 aliphatic rings. The summed E-state index contributed by atoms with van der Waals surface area (Å²) >= 11 is 6.32. The van der Waals surface area contributed by atoms with E-state index in [1.165, 1.54) is 39.5 Å².